The van der Waals surface area contributed by atoms with Crippen molar-refractivity contribution < 1.29 is 14.3 Å². The molecule has 0 amide bonds. The number of aryl methyl sites for hydroxylation is 2. The normalized spacial score (nSPS) is 13.7. The first-order valence-electron chi connectivity index (χ1n) is 8.04. The number of ether oxygens (including phenoxy) is 2. The zero-order valence-corrected chi connectivity index (χ0v) is 13.9. The van der Waals surface area contributed by atoms with Gasteiger partial charge in [0.25, 0.3) is 0 Å². The van der Waals surface area contributed by atoms with Crippen LogP contribution in [0.3, 0.4) is 0 Å². The van der Waals surface area contributed by atoms with Crippen LogP contribution in [-0.4, -0.2) is 20.0 Å². The van der Waals surface area contributed by atoms with Crippen molar-refractivity contribution in [2.75, 3.05) is 14.2 Å². The Labute approximate surface area is 137 Å². The van der Waals surface area contributed by atoms with E-state index in [1.165, 1.54) is 11.1 Å². The van der Waals surface area contributed by atoms with Crippen molar-refractivity contribution in [3.63, 3.8) is 0 Å². The van der Waals surface area contributed by atoms with Crippen molar-refractivity contribution in [2.24, 2.45) is 0 Å². The van der Waals surface area contributed by atoms with E-state index in [-0.39, 0.29) is 11.7 Å². The Morgan fingerprint density at radius 2 is 1.43 bits per heavy atom. The minimum Gasteiger partial charge on any atom is -0.497 e. The second kappa shape index (κ2) is 6.45. The van der Waals surface area contributed by atoms with Gasteiger partial charge in [0.1, 0.15) is 17.3 Å². The number of benzene rings is 2. The Hall–Kier alpha value is -2.29. The third-order valence-electron chi connectivity index (χ3n) is 4.66. The predicted octanol–water partition coefficient (Wildman–Crippen LogP) is 3.91. The van der Waals surface area contributed by atoms with E-state index in [2.05, 4.69) is 12.1 Å². The lowest BCUT2D eigenvalue weighted by molar-refractivity contribution is -0.119. The van der Waals surface area contributed by atoms with E-state index in [0.717, 1.165) is 35.5 Å². The van der Waals surface area contributed by atoms with Gasteiger partial charge in [-0.15, -0.1) is 0 Å². The third kappa shape index (κ3) is 2.83. The van der Waals surface area contributed by atoms with E-state index in [9.17, 15) is 4.79 Å². The molecule has 0 N–H and O–H groups in total. The topological polar surface area (TPSA) is 35.5 Å². The van der Waals surface area contributed by atoms with Gasteiger partial charge in [-0.25, -0.2) is 0 Å². The van der Waals surface area contributed by atoms with Crippen molar-refractivity contribution in [1.82, 2.24) is 0 Å². The summed E-state index contributed by atoms with van der Waals surface area (Å²) in [6.07, 6.45) is 2.34. The van der Waals surface area contributed by atoms with E-state index >= 15 is 0 Å². The number of hydrogen-bond donors (Lipinski definition) is 0. The van der Waals surface area contributed by atoms with E-state index in [4.69, 9.17) is 9.47 Å². The van der Waals surface area contributed by atoms with Gasteiger partial charge in [-0.3, -0.25) is 4.79 Å². The first-order valence-corrected chi connectivity index (χ1v) is 8.04. The van der Waals surface area contributed by atoms with Gasteiger partial charge >= 0.3 is 0 Å². The molecule has 0 spiro atoms. The molecule has 1 aliphatic rings. The van der Waals surface area contributed by atoms with Gasteiger partial charge in [0.15, 0.2) is 0 Å². The maximum absolute atomic E-state index is 12.7. The second-order valence-corrected chi connectivity index (χ2v) is 5.88. The third-order valence-corrected chi connectivity index (χ3v) is 4.66. The zero-order chi connectivity index (χ0) is 16.4. The summed E-state index contributed by atoms with van der Waals surface area (Å²) in [6, 6.07) is 12.1. The van der Waals surface area contributed by atoms with Crippen molar-refractivity contribution in [3.8, 4) is 11.5 Å². The van der Waals surface area contributed by atoms with E-state index in [0.29, 0.717) is 6.42 Å². The fraction of sp³-hybridized carbons (Fsp3) is 0.350. The van der Waals surface area contributed by atoms with Crippen LogP contribution in [-0.2, 0) is 17.6 Å². The van der Waals surface area contributed by atoms with Gasteiger partial charge in [-0.1, -0.05) is 19.1 Å². The van der Waals surface area contributed by atoms with Gasteiger partial charge in [0.05, 0.1) is 20.1 Å². The summed E-state index contributed by atoms with van der Waals surface area (Å²) in [5.74, 6) is 1.75. The molecule has 3 heteroatoms. The largest absolute Gasteiger partial charge is 0.497 e. The molecule has 2 aromatic carbocycles. The lowest BCUT2D eigenvalue weighted by atomic mass is 9.84. The van der Waals surface area contributed by atoms with E-state index in [1.54, 1.807) is 14.2 Å². The molecular weight excluding hydrogens is 288 g/mol. The number of carbonyl (C=O) groups excluding carboxylic acids is 1. The summed E-state index contributed by atoms with van der Waals surface area (Å²) in [4.78, 5) is 12.7. The second-order valence-electron chi connectivity index (χ2n) is 5.88. The number of hydrogen-bond acceptors (Lipinski definition) is 3. The van der Waals surface area contributed by atoms with Gasteiger partial charge in [-0.05, 0) is 59.4 Å². The molecule has 120 valence electrons. The van der Waals surface area contributed by atoms with Crippen molar-refractivity contribution in [3.05, 3.63) is 58.7 Å². The van der Waals surface area contributed by atoms with Gasteiger partial charge in [0, 0.05) is 6.42 Å². The molecule has 23 heavy (non-hydrogen) atoms. The van der Waals surface area contributed by atoms with Gasteiger partial charge < -0.3 is 9.47 Å². The maximum Gasteiger partial charge on any atom is 0.144 e. The summed E-state index contributed by atoms with van der Waals surface area (Å²) in [5.41, 5.74) is 4.63. The molecule has 0 unspecified atom stereocenters. The van der Waals surface area contributed by atoms with Crippen LogP contribution in [0, 0.1) is 0 Å². The molecule has 0 aliphatic heterocycles. The van der Waals surface area contributed by atoms with Crippen LogP contribution in [0.25, 0.3) is 0 Å². The maximum atomic E-state index is 12.7. The molecule has 3 nitrogen and oxygen atoms in total. The molecule has 0 fully saturated rings. The molecule has 2 aromatic rings. The highest BCUT2D eigenvalue weighted by atomic mass is 16.5. The Morgan fingerprint density at radius 3 is 1.83 bits per heavy atom. The summed E-state index contributed by atoms with van der Waals surface area (Å²) in [7, 11) is 3.35. The number of Topliss-reactive ketones (excluding diaryl/α,β-unsaturated/α-hetero) is 1. The number of fused-ring (bicyclic) bond motifs is 2. The minimum absolute atomic E-state index is 0.190. The van der Waals surface area contributed by atoms with Crippen molar-refractivity contribution in [1.29, 1.82) is 0 Å². The molecule has 0 saturated heterocycles. The number of methoxy groups -OCH3 is 2. The summed E-state index contributed by atoms with van der Waals surface area (Å²) >= 11 is 0. The Balaban J connectivity index is 2.17. The average molecular weight is 310 g/mol. The smallest absolute Gasteiger partial charge is 0.144 e. The molecule has 3 rings (SSSR count). The fourth-order valence-electron chi connectivity index (χ4n) is 3.40. The SMILES string of the molecule is CCC(=O)C1c2ccc(OC)cc2CCc2cc(OC)ccc21. The standard InChI is InChI=1S/C20H22O3/c1-4-19(21)20-17-9-7-15(22-2)11-13(17)5-6-14-12-16(23-3)8-10-18(14)20/h7-12,20H,4-6H2,1-3H3. The molecule has 1 aliphatic carbocycles. The summed E-state index contributed by atoms with van der Waals surface area (Å²) in [5, 5.41) is 0. The van der Waals surface area contributed by atoms with E-state index in [1.807, 2.05) is 31.2 Å². The molecule has 0 heterocycles. The Morgan fingerprint density at radius 1 is 0.957 bits per heavy atom. The minimum atomic E-state index is -0.190. The average Bonchev–Trinajstić information content (AvgIpc) is 2.76. The highest BCUT2D eigenvalue weighted by Gasteiger charge is 2.28. The molecule has 0 bridgehead atoms. The van der Waals surface area contributed by atoms with Crippen LogP contribution in [0.2, 0.25) is 0 Å². The fourth-order valence-corrected chi connectivity index (χ4v) is 3.40. The lowest BCUT2D eigenvalue weighted by Crippen LogP contribution is -2.14. The molecule has 0 saturated carbocycles. The van der Waals surface area contributed by atoms with Crippen molar-refractivity contribution >= 4 is 5.78 Å². The molecule has 0 radical (unpaired) electrons. The van der Waals surface area contributed by atoms with Gasteiger partial charge in [-0.2, -0.15) is 0 Å². The van der Waals surface area contributed by atoms with Crippen LogP contribution in [0.4, 0.5) is 0 Å². The predicted molar refractivity (Wildman–Crippen MR) is 90.5 cm³/mol. The van der Waals surface area contributed by atoms with Crippen LogP contribution in [0.1, 0.15) is 41.5 Å². The van der Waals surface area contributed by atoms with Crippen LogP contribution < -0.4 is 9.47 Å². The first-order chi connectivity index (χ1) is 11.2. The zero-order valence-electron chi connectivity index (χ0n) is 13.9. The number of rotatable bonds is 4. The Kier molecular flexibility index (Phi) is 4.37. The van der Waals surface area contributed by atoms with Crippen LogP contribution in [0.15, 0.2) is 36.4 Å². The summed E-state index contributed by atoms with van der Waals surface area (Å²) in [6.45, 7) is 1.93. The number of carbonyl (C=O) groups is 1. The van der Waals surface area contributed by atoms with Crippen molar-refractivity contribution in [2.45, 2.75) is 32.1 Å². The van der Waals surface area contributed by atoms with E-state index < -0.39 is 0 Å². The molecular formula is C20H22O3. The monoisotopic (exact) mass is 310 g/mol. The lowest BCUT2D eigenvalue weighted by Gasteiger charge is -2.19. The Bertz CT molecular complexity index is 678. The molecule has 0 aromatic heterocycles. The highest BCUT2D eigenvalue weighted by Crippen LogP contribution is 2.38. The highest BCUT2D eigenvalue weighted by molar-refractivity contribution is 5.90. The van der Waals surface area contributed by atoms with Crippen LogP contribution >= 0.6 is 0 Å². The molecule has 0 atom stereocenters. The van der Waals surface area contributed by atoms with Crippen LogP contribution in [0.5, 0.6) is 11.5 Å². The first kappa shape index (κ1) is 15.6. The van der Waals surface area contributed by atoms with Gasteiger partial charge in [0.2, 0.25) is 0 Å². The quantitative estimate of drug-likeness (QED) is 0.859. The summed E-state index contributed by atoms with van der Waals surface area (Å²) < 4.78 is 10.7. The number of ketones is 1.